The SMILES string of the molecule is Cn1ccc(C(=O)NCCS)n1. The van der Waals surface area contributed by atoms with Crippen molar-refractivity contribution in [2.45, 2.75) is 0 Å². The summed E-state index contributed by atoms with van der Waals surface area (Å²) in [4.78, 5) is 11.2. The predicted molar refractivity (Wildman–Crippen MR) is 49.4 cm³/mol. The van der Waals surface area contributed by atoms with E-state index in [1.165, 1.54) is 0 Å². The smallest absolute Gasteiger partial charge is 0.271 e. The van der Waals surface area contributed by atoms with Crippen LogP contribution in [0.2, 0.25) is 0 Å². The van der Waals surface area contributed by atoms with Crippen molar-refractivity contribution in [2.75, 3.05) is 12.3 Å². The van der Waals surface area contributed by atoms with Crippen LogP contribution in [0, 0.1) is 0 Å². The molecule has 1 rings (SSSR count). The van der Waals surface area contributed by atoms with Gasteiger partial charge in [-0.05, 0) is 6.07 Å². The zero-order valence-electron chi connectivity index (χ0n) is 6.82. The van der Waals surface area contributed by atoms with Gasteiger partial charge in [-0.1, -0.05) is 0 Å². The van der Waals surface area contributed by atoms with Crippen LogP contribution in [-0.2, 0) is 7.05 Å². The fourth-order valence-electron chi connectivity index (χ4n) is 0.796. The van der Waals surface area contributed by atoms with Crippen LogP contribution in [0.1, 0.15) is 10.5 Å². The molecular weight excluding hydrogens is 174 g/mol. The van der Waals surface area contributed by atoms with E-state index in [1.807, 2.05) is 0 Å². The Morgan fingerprint density at radius 3 is 3.08 bits per heavy atom. The van der Waals surface area contributed by atoms with Crippen molar-refractivity contribution >= 4 is 18.5 Å². The molecule has 1 aromatic rings. The molecule has 4 nitrogen and oxygen atoms in total. The second-order valence-corrected chi connectivity index (χ2v) is 2.80. The third kappa shape index (κ3) is 2.27. The van der Waals surface area contributed by atoms with Crippen molar-refractivity contribution in [1.82, 2.24) is 15.1 Å². The summed E-state index contributed by atoms with van der Waals surface area (Å²) in [5.41, 5.74) is 0.444. The highest BCUT2D eigenvalue weighted by Crippen LogP contribution is 1.92. The first-order chi connectivity index (χ1) is 5.74. The number of aromatic nitrogens is 2. The Bertz CT molecular complexity index is 271. The topological polar surface area (TPSA) is 46.9 Å². The lowest BCUT2D eigenvalue weighted by Crippen LogP contribution is -2.25. The van der Waals surface area contributed by atoms with E-state index in [-0.39, 0.29) is 5.91 Å². The molecule has 0 aromatic carbocycles. The largest absolute Gasteiger partial charge is 0.350 e. The molecule has 1 N–H and O–H groups in total. The highest BCUT2D eigenvalue weighted by atomic mass is 32.1. The summed E-state index contributed by atoms with van der Waals surface area (Å²) in [6.07, 6.45) is 1.73. The van der Waals surface area contributed by atoms with Crippen LogP contribution in [0.3, 0.4) is 0 Å². The van der Waals surface area contributed by atoms with E-state index in [1.54, 1.807) is 24.0 Å². The van der Waals surface area contributed by atoms with Crippen LogP contribution in [0.4, 0.5) is 0 Å². The van der Waals surface area contributed by atoms with Crippen LogP contribution in [0.5, 0.6) is 0 Å². The van der Waals surface area contributed by atoms with E-state index < -0.39 is 0 Å². The van der Waals surface area contributed by atoms with Crippen LogP contribution in [0.25, 0.3) is 0 Å². The van der Waals surface area contributed by atoms with E-state index in [0.717, 1.165) is 0 Å². The Morgan fingerprint density at radius 1 is 1.83 bits per heavy atom. The lowest BCUT2D eigenvalue weighted by atomic mass is 10.4. The maximum absolute atomic E-state index is 11.2. The molecule has 0 atom stereocenters. The number of rotatable bonds is 3. The normalized spacial score (nSPS) is 9.83. The van der Waals surface area contributed by atoms with Gasteiger partial charge in [0.25, 0.3) is 5.91 Å². The maximum Gasteiger partial charge on any atom is 0.271 e. The molecule has 0 spiro atoms. The van der Waals surface area contributed by atoms with Gasteiger partial charge in [0.05, 0.1) is 0 Å². The Labute approximate surface area is 76.4 Å². The van der Waals surface area contributed by atoms with Crippen molar-refractivity contribution < 1.29 is 4.79 Å². The van der Waals surface area contributed by atoms with Crippen molar-refractivity contribution in [2.24, 2.45) is 7.05 Å². The van der Waals surface area contributed by atoms with E-state index in [4.69, 9.17) is 0 Å². The van der Waals surface area contributed by atoms with Crippen molar-refractivity contribution in [3.63, 3.8) is 0 Å². The molecule has 0 fully saturated rings. The van der Waals surface area contributed by atoms with Crippen molar-refractivity contribution in [1.29, 1.82) is 0 Å². The molecular formula is C7H11N3OS. The molecule has 0 saturated carbocycles. The highest BCUT2D eigenvalue weighted by molar-refractivity contribution is 7.80. The van der Waals surface area contributed by atoms with E-state index in [2.05, 4.69) is 23.0 Å². The van der Waals surface area contributed by atoms with Gasteiger partial charge in [-0.25, -0.2) is 0 Å². The van der Waals surface area contributed by atoms with Gasteiger partial charge in [-0.15, -0.1) is 0 Å². The summed E-state index contributed by atoms with van der Waals surface area (Å²) in [6.45, 7) is 0.568. The molecule has 0 aliphatic heterocycles. The summed E-state index contributed by atoms with van der Waals surface area (Å²) in [6, 6.07) is 1.67. The van der Waals surface area contributed by atoms with Gasteiger partial charge in [-0.3, -0.25) is 9.48 Å². The zero-order chi connectivity index (χ0) is 8.97. The van der Waals surface area contributed by atoms with Crippen molar-refractivity contribution in [3.05, 3.63) is 18.0 Å². The number of aryl methyl sites for hydroxylation is 1. The van der Waals surface area contributed by atoms with Crippen LogP contribution < -0.4 is 5.32 Å². The molecule has 0 radical (unpaired) electrons. The van der Waals surface area contributed by atoms with E-state index in [9.17, 15) is 4.79 Å². The molecule has 0 bridgehead atoms. The van der Waals surface area contributed by atoms with Crippen LogP contribution >= 0.6 is 12.6 Å². The molecule has 5 heteroatoms. The number of carbonyl (C=O) groups is 1. The molecule has 1 amide bonds. The van der Waals surface area contributed by atoms with Gasteiger partial charge in [0, 0.05) is 25.5 Å². The fourth-order valence-corrected chi connectivity index (χ4v) is 0.908. The summed E-state index contributed by atoms with van der Waals surface area (Å²) in [5, 5.41) is 6.61. The lowest BCUT2D eigenvalue weighted by Gasteiger charge is -1.98. The minimum Gasteiger partial charge on any atom is -0.350 e. The van der Waals surface area contributed by atoms with E-state index in [0.29, 0.717) is 18.0 Å². The second kappa shape index (κ2) is 4.15. The summed E-state index contributed by atoms with van der Waals surface area (Å²) < 4.78 is 1.59. The van der Waals surface area contributed by atoms with E-state index >= 15 is 0 Å². The van der Waals surface area contributed by atoms with Gasteiger partial charge in [-0.2, -0.15) is 17.7 Å². The summed E-state index contributed by atoms with van der Waals surface area (Å²) in [5.74, 6) is 0.489. The fraction of sp³-hybridized carbons (Fsp3) is 0.429. The Kier molecular flexibility index (Phi) is 3.16. The van der Waals surface area contributed by atoms with Gasteiger partial charge in [0.2, 0.25) is 0 Å². The quantitative estimate of drug-likeness (QED) is 0.655. The number of thiol groups is 1. The number of nitrogens with zero attached hydrogens (tertiary/aromatic N) is 2. The first-order valence-electron chi connectivity index (χ1n) is 3.62. The van der Waals surface area contributed by atoms with Gasteiger partial charge in [0.1, 0.15) is 5.69 Å². The molecule has 1 aromatic heterocycles. The molecule has 1 heterocycles. The maximum atomic E-state index is 11.2. The number of hydrogen-bond donors (Lipinski definition) is 2. The van der Waals surface area contributed by atoms with Gasteiger partial charge < -0.3 is 5.32 Å². The number of nitrogens with one attached hydrogen (secondary N) is 1. The average molecular weight is 185 g/mol. The lowest BCUT2D eigenvalue weighted by molar-refractivity contribution is 0.0950. The molecule has 0 aliphatic carbocycles. The second-order valence-electron chi connectivity index (χ2n) is 2.35. The number of carbonyl (C=O) groups excluding carboxylic acids is 1. The van der Waals surface area contributed by atoms with Gasteiger partial charge in [0.15, 0.2) is 0 Å². The van der Waals surface area contributed by atoms with Crippen molar-refractivity contribution in [3.8, 4) is 0 Å². The number of amides is 1. The molecule has 12 heavy (non-hydrogen) atoms. The molecule has 0 aliphatic rings. The van der Waals surface area contributed by atoms with Crippen LogP contribution in [0.15, 0.2) is 12.3 Å². The molecule has 66 valence electrons. The minimum atomic E-state index is -0.148. The monoisotopic (exact) mass is 185 g/mol. The Morgan fingerprint density at radius 2 is 2.58 bits per heavy atom. The average Bonchev–Trinajstić information content (AvgIpc) is 2.47. The van der Waals surface area contributed by atoms with Crippen LogP contribution in [-0.4, -0.2) is 28.0 Å². The number of hydrogen-bond acceptors (Lipinski definition) is 3. The third-order valence-corrected chi connectivity index (χ3v) is 1.57. The molecule has 0 saturated heterocycles. The standard InChI is InChI=1S/C7H11N3OS/c1-10-4-2-6(9-10)7(11)8-3-5-12/h2,4,12H,3,5H2,1H3,(H,8,11). The predicted octanol–water partition coefficient (Wildman–Crippen LogP) is 0.0797. The minimum absolute atomic E-state index is 0.148. The first-order valence-corrected chi connectivity index (χ1v) is 4.26. The molecule has 0 unspecified atom stereocenters. The Balaban J connectivity index is 2.53. The Hall–Kier alpha value is -0.970. The zero-order valence-corrected chi connectivity index (χ0v) is 7.71. The third-order valence-electron chi connectivity index (χ3n) is 1.34. The first kappa shape index (κ1) is 9.12. The summed E-state index contributed by atoms with van der Waals surface area (Å²) in [7, 11) is 1.77. The highest BCUT2D eigenvalue weighted by Gasteiger charge is 2.06. The van der Waals surface area contributed by atoms with Gasteiger partial charge >= 0.3 is 0 Å². The summed E-state index contributed by atoms with van der Waals surface area (Å²) >= 11 is 3.97.